The number of halogens is 1. The van der Waals surface area contributed by atoms with Crippen molar-refractivity contribution in [2.24, 2.45) is 5.73 Å². The van der Waals surface area contributed by atoms with Gasteiger partial charge >= 0.3 is 0 Å². The molecule has 0 aliphatic heterocycles. The zero-order valence-corrected chi connectivity index (χ0v) is 21.4. The van der Waals surface area contributed by atoms with Gasteiger partial charge in [-0.15, -0.1) is 0 Å². The van der Waals surface area contributed by atoms with Gasteiger partial charge in [0.2, 0.25) is 0 Å². The Balaban J connectivity index is 1.62. The predicted molar refractivity (Wildman–Crippen MR) is 144 cm³/mol. The summed E-state index contributed by atoms with van der Waals surface area (Å²) in [6.07, 6.45) is 3.65. The Morgan fingerprint density at radius 2 is 1.84 bits per heavy atom. The molecule has 3 aromatic carbocycles. The number of nitrogens with two attached hydrogens (primary N) is 1. The molecule has 0 spiro atoms. The first kappa shape index (κ1) is 26.2. The Bertz CT molecular complexity index is 1320. The zero-order chi connectivity index (χ0) is 26.4. The number of para-hydroxylation sites is 1. The van der Waals surface area contributed by atoms with Crippen molar-refractivity contribution in [2.45, 2.75) is 44.3 Å². The fourth-order valence-corrected chi connectivity index (χ4v) is 4.88. The number of methoxy groups -OCH3 is 1. The Morgan fingerprint density at radius 3 is 2.54 bits per heavy atom. The maximum Gasteiger partial charge on any atom is 0.259 e. The van der Waals surface area contributed by atoms with Crippen molar-refractivity contribution >= 4 is 29.1 Å². The fourth-order valence-electron chi connectivity index (χ4n) is 4.71. The van der Waals surface area contributed by atoms with Crippen molar-refractivity contribution in [2.75, 3.05) is 12.4 Å². The van der Waals surface area contributed by atoms with Gasteiger partial charge in [-0.25, -0.2) is 0 Å². The van der Waals surface area contributed by atoms with Crippen LogP contribution in [0.5, 0.6) is 5.75 Å². The molecule has 0 heterocycles. The summed E-state index contributed by atoms with van der Waals surface area (Å²) in [7, 11) is 1.52. The number of nitrogens with one attached hydrogen (secondary N) is 1. The standard InChI is InChI=1S/C29H29ClN4O3/c1-37-27-9-5-2-6-23(27)28(35)33-22-14-15-24(30)21(16-22)18-34(26-8-4-3-7-25(26)32)29(36)20-12-10-19(17-31)11-13-20/h2,5-6,9-16,25-26H,3-4,7-8,18,32H2,1H3,(H,33,35). The first-order valence-electron chi connectivity index (χ1n) is 12.2. The first-order chi connectivity index (χ1) is 17.9. The second kappa shape index (κ2) is 11.9. The highest BCUT2D eigenvalue weighted by molar-refractivity contribution is 6.31. The number of hydrogen-bond acceptors (Lipinski definition) is 5. The molecule has 3 N–H and O–H groups in total. The molecule has 0 aromatic heterocycles. The van der Waals surface area contributed by atoms with Gasteiger partial charge in [0, 0.05) is 34.9 Å². The van der Waals surface area contributed by atoms with Gasteiger partial charge in [0.05, 0.1) is 24.3 Å². The highest BCUT2D eigenvalue weighted by atomic mass is 35.5. The summed E-state index contributed by atoms with van der Waals surface area (Å²) in [4.78, 5) is 28.4. The van der Waals surface area contributed by atoms with Crippen LogP contribution in [-0.4, -0.2) is 35.9 Å². The number of ether oxygens (including phenoxy) is 1. The van der Waals surface area contributed by atoms with Crippen molar-refractivity contribution in [1.29, 1.82) is 5.26 Å². The van der Waals surface area contributed by atoms with E-state index in [1.807, 2.05) is 0 Å². The molecule has 0 saturated heterocycles. The van der Waals surface area contributed by atoms with E-state index in [-0.39, 0.29) is 30.4 Å². The topological polar surface area (TPSA) is 108 Å². The molecule has 1 aliphatic carbocycles. The highest BCUT2D eigenvalue weighted by Gasteiger charge is 2.32. The summed E-state index contributed by atoms with van der Waals surface area (Å²) >= 11 is 6.57. The van der Waals surface area contributed by atoms with Gasteiger partial charge in [-0.3, -0.25) is 9.59 Å². The van der Waals surface area contributed by atoms with Gasteiger partial charge in [-0.2, -0.15) is 5.26 Å². The molecule has 2 amide bonds. The lowest BCUT2D eigenvalue weighted by molar-refractivity contribution is 0.0583. The molecule has 1 aliphatic rings. The lowest BCUT2D eigenvalue weighted by Crippen LogP contribution is -2.51. The summed E-state index contributed by atoms with van der Waals surface area (Å²) in [5.41, 5.74) is 9.10. The van der Waals surface area contributed by atoms with E-state index in [9.17, 15) is 9.59 Å². The monoisotopic (exact) mass is 516 g/mol. The van der Waals surface area contributed by atoms with Crippen molar-refractivity contribution < 1.29 is 14.3 Å². The maximum atomic E-state index is 13.7. The van der Waals surface area contributed by atoms with Gasteiger partial charge in [-0.1, -0.05) is 36.6 Å². The van der Waals surface area contributed by atoms with Crippen LogP contribution in [-0.2, 0) is 6.54 Å². The molecule has 2 atom stereocenters. The number of hydrogen-bond donors (Lipinski definition) is 2. The minimum absolute atomic E-state index is 0.150. The average Bonchev–Trinajstić information content (AvgIpc) is 2.93. The van der Waals surface area contributed by atoms with E-state index in [0.29, 0.717) is 38.7 Å². The van der Waals surface area contributed by atoms with Crippen LogP contribution < -0.4 is 15.8 Å². The summed E-state index contributed by atoms with van der Waals surface area (Å²) in [6.45, 7) is 0.231. The molecule has 1 saturated carbocycles. The molecule has 1 fully saturated rings. The molecule has 3 aromatic rings. The number of carbonyl (C=O) groups excluding carboxylic acids is 2. The normalized spacial score (nSPS) is 16.9. The van der Waals surface area contributed by atoms with Crippen molar-refractivity contribution in [3.05, 3.63) is 94.0 Å². The molecule has 0 bridgehead atoms. The molecule has 2 unspecified atom stereocenters. The third-order valence-corrected chi connectivity index (χ3v) is 7.07. The summed E-state index contributed by atoms with van der Waals surface area (Å²) in [5.74, 6) is -0.0171. The van der Waals surface area contributed by atoms with Crippen LogP contribution in [0.25, 0.3) is 0 Å². The Morgan fingerprint density at radius 1 is 1.11 bits per heavy atom. The number of anilines is 1. The molecular weight excluding hydrogens is 488 g/mol. The molecule has 8 heteroatoms. The third-order valence-electron chi connectivity index (χ3n) is 6.70. The van der Waals surface area contributed by atoms with Gasteiger partial charge < -0.3 is 20.7 Å². The van der Waals surface area contributed by atoms with E-state index in [0.717, 1.165) is 25.7 Å². The average molecular weight is 517 g/mol. The fraction of sp³-hybridized carbons (Fsp3) is 0.276. The third kappa shape index (κ3) is 6.11. The van der Waals surface area contributed by atoms with Crippen LogP contribution in [0.15, 0.2) is 66.7 Å². The number of benzene rings is 3. The van der Waals surface area contributed by atoms with Crippen molar-refractivity contribution in [1.82, 2.24) is 4.90 Å². The smallest absolute Gasteiger partial charge is 0.259 e. The summed E-state index contributed by atoms with van der Waals surface area (Å²) < 4.78 is 5.30. The van der Waals surface area contributed by atoms with Gasteiger partial charge in [0.15, 0.2) is 0 Å². The van der Waals surface area contributed by atoms with E-state index in [4.69, 9.17) is 27.3 Å². The summed E-state index contributed by atoms with van der Waals surface area (Å²) in [5, 5.41) is 12.5. The SMILES string of the molecule is COc1ccccc1C(=O)Nc1ccc(Cl)c(CN(C(=O)c2ccc(C#N)cc2)C2CCCCC2N)c1. The van der Waals surface area contributed by atoms with E-state index in [2.05, 4.69) is 11.4 Å². The van der Waals surface area contributed by atoms with Crippen molar-refractivity contribution in [3.8, 4) is 11.8 Å². The van der Waals surface area contributed by atoms with Crippen LogP contribution in [0.3, 0.4) is 0 Å². The van der Waals surface area contributed by atoms with E-state index < -0.39 is 0 Å². The summed E-state index contributed by atoms with van der Waals surface area (Å²) in [6, 6.07) is 20.5. The van der Waals surface area contributed by atoms with Gasteiger partial charge in [0.1, 0.15) is 5.75 Å². The van der Waals surface area contributed by atoms with Crippen molar-refractivity contribution in [3.63, 3.8) is 0 Å². The van der Waals surface area contributed by atoms with Crippen LogP contribution in [0, 0.1) is 11.3 Å². The minimum Gasteiger partial charge on any atom is -0.496 e. The van der Waals surface area contributed by atoms with E-state index in [1.165, 1.54) is 7.11 Å². The van der Waals surface area contributed by atoms with Crippen LogP contribution >= 0.6 is 11.6 Å². The van der Waals surface area contributed by atoms with Crippen LogP contribution in [0.1, 0.15) is 57.5 Å². The lowest BCUT2D eigenvalue weighted by Gasteiger charge is -2.38. The molecular formula is C29H29ClN4O3. The quantitative estimate of drug-likeness (QED) is 0.438. The lowest BCUT2D eigenvalue weighted by atomic mass is 9.89. The number of amides is 2. The van der Waals surface area contributed by atoms with Gasteiger partial charge in [0.25, 0.3) is 11.8 Å². The Labute approximate surface area is 221 Å². The van der Waals surface area contributed by atoms with Crippen LogP contribution in [0.4, 0.5) is 5.69 Å². The molecule has 190 valence electrons. The second-order valence-corrected chi connectivity index (χ2v) is 9.51. The number of rotatable bonds is 7. The minimum atomic E-state index is -0.314. The van der Waals surface area contributed by atoms with E-state index >= 15 is 0 Å². The Kier molecular flexibility index (Phi) is 8.44. The number of nitrogens with zero attached hydrogens (tertiary/aromatic N) is 2. The largest absolute Gasteiger partial charge is 0.496 e. The number of nitriles is 1. The van der Waals surface area contributed by atoms with Crippen LogP contribution in [0.2, 0.25) is 5.02 Å². The predicted octanol–water partition coefficient (Wildman–Crippen LogP) is 5.38. The molecule has 7 nitrogen and oxygen atoms in total. The second-order valence-electron chi connectivity index (χ2n) is 9.10. The molecule has 4 rings (SSSR count). The maximum absolute atomic E-state index is 13.7. The Hall–Kier alpha value is -3.86. The first-order valence-corrected chi connectivity index (χ1v) is 12.6. The van der Waals surface area contributed by atoms with E-state index in [1.54, 1.807) is 71.6 Å². The number of carbonyl (C=O) groups is 2. The van der Waals surface area contributed by atoms with Gasteiger partial charge in [-0.05, 0) is 73.0 Å². The highest BCUT2D eigenvalue weighted by Crippen LogP contribution is 2.29. The molecule has 37 heavy (non-hydrogen) atoms. The molecule has 0 radical (unpaired) electrons. The zero-order valence-electron chi connectivity index (χ0n) is 20.6.